The molecule has 12 heavy (non-hydrogen) atoms. The van der Waals surface area contributed by atoms with Crippen molar-refractivity contribution in [1.29, 1.82) is 0 Å². The minimum absolute atomic E-state index is 0.267. The maximum Gasteiger partial charge on any atom is 0.215 e. The van der Waals surface area contributed by atoms with E-state index >= 15 is 0 Å². The van der Waals surface area contributed by atoms with Gasteiger partial charge >= 0.3 is 0 Å². The van der Waals surface area contributed by atoms with E-state index in [1.807, 2.05) is 0 Å². The fourth-order valence-corrected chi connectivity index (χ4v) is 3.22. The molecule has 1 saturated heterocycles. The summed E-state index contributed by atoms with van der Waals surface area (Å²) in [6.07, 6.45) is 2.11. The summed E-state index contributed by atoms with van der Waals surface area (Å²) in [5.74, 6) is 0.267. The van der Waals surface area contributed by atoms with Crippen LogP contribution in [0.5, 0.6) is 0 Å². The number of sulfonamides is 1. The third-order valence-electron chi connectivity index (χ3n) is 2.36. The van der Waals surface area contributed by atoms with Crippen molar-refractivity contribution in [3.63, 3.8) is 0 Å². The highest BCUT2D eigenvalue weighted by atomic mass is 32.2. The zero-order chi connectivity index (χ0) is 8.60. The van der Waals surface area contributed by atoms with Gasteiger partial charge in [-0.25, -0.2) is 8.42 Å². The zero-order valence-electron chi connectivity index (χ0n) is 6.99. The SMILES string of the molecule is O=S1(=O)CCNCCN1C1CC1. The Hall–Kier alpha value is -0.130. The van der Waals surface area contributed by atoms with Crippen LogP contribution < -0.4 is 5.32 Å². The van der Waals surface area contributed by atoms with E-state index in [1.165, 1.54) is 0 Å². The smallest absolute Gasteiger partial charge is 0.215 e. The van der Waals surface area contributed by atoms with E-state index < -0.39 is 10.0 Å². The quantitative estimate of drug-likeness (QED) is 0.600. The number of nitrogens with one attached hydrogen (secondary N) is 1. The molecule has 0 bridgehead atoms. The molecule has 2 rings (SSSR count). The van der Waals surface area contributed by atoms with Gasteiger partial charge in [0.1, 0.15) is 0 Å². The number of rotatable bonds is 1. The van der Waals surface area contributed by atoms with Crippen LogP contribution in [0.25, 0.3) is 0 Å². The number of hydrogen-bond donors (Lipinski definition) is 1. The van der Waals surface area contributed by atoms with Crippen LogP contribution in [0.1, 0.15) is 12.8 Å². The second kappa shape index (κ2) is 2.97. The molecule has 70 valence electrons. The lowest BCUT2D eigenvalue weighted by Gasteiger charge is -2.17. The molecule has 0 atom stereocenters. The van der Waals surface area contributed by atoms with E-state index in [9.17, 15) is 8.42 Å². The Morgan fingerprint density at radius 1 is 1.25 bits per heavy atom. The predicted molar refractivity (Wildman–Crippen MR) is 46.4 cm³/mol. The van der Waals surface area contributed by atoms with E-state index in [0.29, 0.717) is 19.1 Å². The largest absolute Gasteiger partial charge is 0.314 e. The molecule has 1 aliphatic heterocycles. The van der Waals surface area contributed by atoms with Crippen LogP contribution in [0.2, 0.25) is 0 Å². The van der Waals surface area contributed by atoms with Crippen LogP contribution in [-0.4, -0.2) is 44.2 Å². The highest BCUT2D eigenvalue weighted by Crippen LogP contribution is 2.29. The standard InChI is InChI=1S/C7H14N2O2S/c10-12(11)6-4-8-3-5-9(12)7-1-2-7/h7-8H,1-6H2. The molecule has 1 saturated carbocycles. The summed E-state index contributed by atoms with van der Waals surface area (Å²) in [5, 5.41) is 3.09. The summed E-state index contributed by atoms with van der Waals surface area (Å²) in [4.78, 5) is 0. The maximum atomic E-state index is 11.6. The Morgan fingerprint density at radius 3 is 2.67 bits per heavy atom. The Morgan fingerprint density at radius 2 is 2.00 bits per heavy atom. The van der Waals surface area contributed by atoms with Crippen LogP contribution in [0.4, 0.5) is 0 Å². The normalized spacial score (nSPS) is 31.3. The van der Waals surface area contributed by atoms with Crippen molar-refractivity contribution in [3.05, 3.63) is 0 Å². The first-order chi connectivity index (χ1) is 5.70. The van der Waals surface area contributed by atoms with E-state index in [2.05, 4.69) is 5.32 Å². The van der Waals surface area contributed by atoms with Gasteiger partial charge in [0.25, 0.3) is 0 Å². The Labute approximate surface area is 73.0 Å². The molecule has 2 fully saturated rings. The zero-order valence-corrected chi connectivity index (χ0v) is 7.81. The van der Waals surface area contributed by atoms with Gasteiger partial charge in [0.2, 0.25) is 10.0 Å². The monoisotopic (exact) mass is 190 g/mol. The van der Waals surface area contributed by atoms with Crippen molar-refractivity contribution < 1.29 is 8.42 Å². The van der Waals surface area contributed by atoms with Crippen molar-refractivity contribution in [2.75, 3.05) is 25.4 Å². The van der Waals surface area contributed by atoms with Gasteiger partial charge < -0.3 is 5.32 Å². The van der Waals surface area contributed by atoms with Crippen LogP contribution in [-0.2, 0) is 10.0 Å². The van der Waals surface area contributed by atoms with Crippen molar-refractivity contribution >= 4 is 10.0 Å². The Balaban J connectivity index is 2.15. The third-order valence-corrected chi connectivity index (χ3v) is 4.27. The summed E-state index contributed by atoms with van der Waals surface area (Å²) in [7, 11) is -2.93. The van der Waals surface area contributed by atoms with Gasteiger partial charge in [-0.15, -0.1) is 0 Å². The molecule has 0 radical (unpaired) electrons. The number of hydrogen-bond acceptors (Lipinski definition) is 3. The van der Waals surface area contributed by atoms with Crippen molar-refractivity contribution in [2.45, 2.75) is 18.9 Å². The lowest BCUT2D eigenvalue weighted by Crippen LogP contribution is -2.35. The molecule has 1 heterocycles. The van der Waals surface area contributed by atoms with Gasteiger partial charge in [-0.1, -0.05) is 0 Å². The highest BCUT2D eigenvalue weighted by molar-refractivity contribution is 7.89. The predicted octanol–water partition coefficient (Wildman–Crippen LogP) is -0.616. The summed E-state index contributed by atoms with van der Waals surface area (Å²) < 4.78 is 24.8. The molecule has 0 aromatic heterocycles. The minimum atomic E-state index is -2.93. The molecule has 0 amide bonds. The average Bonchev–Trinajstić information content (AvgIpc) is 2.75. The highest BCUT2D eigenvalue weighted by Gasteiger charge is 2.37. The van der Waals surface area contributed by atoms with Crippen molar-refractivity contribution in [1.82, 2.24) is 9.62 Å². The van der Waals surface area contributed by atoms with Gasteiger partial charge in [0, 0.05) is 25.7 Å². The molecule has 1 aliphatic carbocycles. The summed E-state index contributed by atoms with van der Waals surface area (Å²) in [6.45, 7) is 2.06. The molecule has 0 spiro atoms. The fraction of sp³-hybridized carbons (Fsp3) is 1.00. The lowest BCUT2D eigenvalue weighted by molar-refractivity contribution is 0.413. The minimum Gasteiger partial charge on any atom is -0.314 e. The first kappa shape index (κ1) is 8.47. The third kappa shape index (κ3) is 1.62. The molecular formula is C7H14N2O2S. The van der Waals surface area contributed by atoms with E-state index in [0.717, 1.165) is 19.4 Å². The molecule has 1 N–H and O–H groups in total. The summed E-state index contributed by atoms with van der Waals surface area (Å²) >= 11 is 0. The second-order valence-electron chi connectivity index (χ2n) is 3.41. The first-order valence-electron chi connectivity index (χ1n) is 4.40. The molecule has 0 unspecified atom stereocenters. The van der Waals surface area contributed by atoms with Gasteiger partial charge in [-0.05, 0) is 12.8 Å². The topological polar surface area (TPSA) is 49.4 Å². The molecule has 0 aromatic rings. The van der Waals surface area contributed by atoms with Gasteiger partial charge in [-0.2, -0.15) is 4.31 Å². The van der Waals surface area contributed by atoms with Gasteiger partial charge in [0.15, 0.2) is 0 Å². The van der Waals surface area contributed by atoms with Crippen molar-refractivity contribution in [3.8, 4) is 0 Å². The Bertz CT molecular complexity index is 259. The van der Waals surface area contributed by atoms with Crippen LogP contribution in [0.15, 0.2) is 0 Å². The van der Waals surface area contributed by atoms with Crippen LogP contribution >= 0.6 is 0 Å². The average molecular weight is 190 g/mol. The lowest BCUT2D eigenvalue weighted by atomic mass is 10.5. The van der Waals surface area contributed by atoms with E-state index in [1.54, 1.807) is 4.31 Å². The number of nitrogens with zero attached hydrogens (tertiary/aromatic N) is 1. The first-order valence-corrected chi connectivity index (χ1v) is 6.01. The molecule has 5 heteroatoms. The Kier molecular flexibility index (Phi) is 2.10. The second-order valence-corrected chi connectivity index (χ2v) is 5.45. The molecule has 2 aliphatic rings. The van der Waals surface area contributed by atoms with Crippen molar-refractivity contribution in [2.24, 2.45) is 0 Å². The van der Waals surface area contributed by atoms with Crippen LogP contribution in [0.3, 0.4) is 0 Å². The molecule has 4 nitrogen and oxygen atoms in total. The van der Waals surface area contributed by atoms with E-state index in [-0.39, 0.29) is 5.75 Å². The van der Waals surface area contributed by atoms with E-state index in [4.69, 9.17) is 0 Å². The molecule has 0 aromatic carbocycles. The van der Waals surface area contributed by atoms with Gasteiger partial charge in [-0.3, -0.25) is 0 Å². The fourth-order valence-electron chi connectivity index (χ4n) is 1.54. The maximum absolute atomic E-state index is 11.6. The van der Waals surface area contributed by atoms with Crippen LogP contribution in [0, 0.1) is 0 Å². The summed E-state index contributed by atoms with van der Waals surface area (Å²) in [6, 6.07) is 0.329. The van der Waals surface area contributed by atoms with Gasteiger partial charge in [0.05, 0.1) is 5.75 Å². The summed E-state index contributed by atoms with van der Waals surface area (Å²) in [5.41, 5.74) is 0. The molecular weight excluding hydrogens is 176 g/mol.